The maximum absolute atomic E-state index is 13.8. The number of nitro groups is 1. The number of aromatic nitrogens is 2. The number of piperazine rings is 1. The number of nitrogens with one attached hydrogen (secondary N) is 2. The number of fused-ring (bicyclic) bond motifs is 1. The van der Waals surface area contributed by atoms with E-state index in [0.717, 1.165) is 81.0 Å². The van der Waals surface area contributed by atoms with Crippen LogP contribution in [0.1, 0.15) is 18.4 Å². The highest BCUT2D eigenvalue weighted by Gasteiger charge is 2.26. The van der Waals surface area contributed by atoms with Crippen LogP contribution in [0.5, 0.6) is 0 Å². The summed E-state index contributed by atoms with van der Waals surface area (Å²) < 4.78 is 30.1. The summed E-state index contributed by atoms with van der Waals surface area (Å²) >= 11 is 7.83. The summed E-state index contributed by atoms with van der Waals surface area (Å²) in [4.78, 5) is 28.6. The van der Waals surface area contributed by atoms with Crippen molar-refractivity contribution in [2.75, 3.05) is 66.5 Å². The zero-order valence-electron chi connectivity index (χ0n) is 32.4. The average Bonchev–Trinajstić information content (AvgIpc) is 3.23. The molecule has 2 saturated heterocycles. The van der Waals surface area contributed by atoms with Gasteiger partial charge in [-0.25, -0.2) is 18.4 Å². The van der Waals surface area contributed by atoms with Crippen molar-refractivity contribution in [1.82, 2.24) is 19.8 Å². The fraction of sp³-hybridized carbons (Fsp3) is 0.273. The summed E-state index contributed by atoms with van der Waals surface area (Å²) in [6.07, 6.45) is 3.29. The normalized spacial score (nSPS) is 15.4. The fourth-order valence-corrected chi connectivity index (χ4v) is 9.68. The molecule has 5 aromatic carbocycles. The molecule has 59 heavy (non-hydrogen) atoms. The monoisotopic (exact) mass is 848 g/mol. The molecule has 3 heterocycles. The van der Waals surface area contributed by atoms with Crippen molar-refractivity contribution in [2.45, 2.75) is 35.2 Å². The molecule has 1 unspecified atom stereocenters. The number of nitro benzene ring substituents is 1. The van der Waals surface area contributed by atoms with Crippen LogP contribution in [0.2, 0.25) is 5.02 Å². The quantitative estimate of drug-likeness (QED) is 0.0550. The molecule has 0 spiro atoms. The molecule has 0 bridgehead atoms. The molecular weight excluding hydrogens is 804 g/mol. The van der Waals surface area contributed by atoms with Gasteiger partial charge in [0.2, 0.25) is 0 Å². The Bertz CT molecular complexity index is 2520. The Morgan fingerprint density at radius 3 is 2.34 bits per heavy atom. The molecule has 0 radical (unpaired) electrons. The van der Waals surface area contributed by atoms with Gasteiger partial charge in [0.1, 0.15) is 12.0 Å². The van der Waals surface area contributed by atoms with E-state index < -0.39 is 14.9 Å². The van der Waals surface area contributed by atoms with E-state index >= 15 is 0 Å². The Labute approximate surface area is 353 Å². The minimum atomic E-state index is -4.26. The molecule has 2 fully saturated rings. The second-order valence-electron chi connectivity index (χ2n) is 14.8. The molecule has 0 saturated carbocycles. The summed E-state index contributed by atoms with van der Waals surface area (Å²) in [6, 6.07) is 36.1. The molecule has 1 atom stereocenters. The van der Waals surface area contributed by atoms with Crippen molar-refractivity contribution in [3.8, 4) is 11.1 Å². The number of thioether (sulfide) groups is 1. The van der Waals surface area contributed by atoms with Crippen LogP contribution in [0.4, 0.5) is 22.9 Å². The third-order valence-corrected chi connectivity index (χ3v) is 13.7. The predicted octanol–water partition coefficient (Wildman–Crippen LogP) is 8.65. The van der Waals surface area contributed by atoms with Gasteiger partial charge in [0.05, 0.1) is 15.3 Å². The molecule has 2 aliphatic heterocycles. The van der Waals surface area contributed by atoms with Gasteiger partial charge in [0, 0.05) is 78.1 Å². The number of likely N-dealkylation sites (tertiary alicyclic amines) is 1. The first-order valence-electron chi connectivity index (χ1n) is 19.7. The first kappa shape index (κ1) is 40.5. The molecule has 2 aliphatic rings. The standard InChI is InChI=1S/C44H45ClN8O4S2/c45-34-13-11-32(12-14-34)39-10-5-4-7-33(39)29-51-23-25-52(26-24-51)36-15-17-40-42(27-36)46-31-47-44(40)49-59(56,57)38-16-18-41(43(28-38)53(54)55)48-35(19-22-50-20-6-21-50)30-58-37-8-2-1-3-9-37/h1-5,7-18,27-28,31,35,48H,6,19-26,29-30H2,(H,46,47,49). The predicted molar refractivity (Wildman–Crippen MR) is 238 cm³/mol. The number of anilines is 3. The van der Waals surface area contributed by atoms with Crippen LogP contribution in [0.15, 0.2) is 131 Å². The van der Waals surface area contributed by atoms with Crippen LogP contribution in [0.25, 0.3) is 22.0 Å². The number of benzene rings is 5. The average molecular weight is 849 g/mol. The molecule has 2 N–H and O–H groups in total. The minimum absolute atomic E-state index is 0.0792. The van der Waals surface area contributed by atoms with Crippen molar-refractivity contribution in [1.29, 1.82) is 0 Å². The molecular formula is C44H45ClN8O4S2. The lowest BCUT2D eigenvalue weighted by Crippen LogP contribution is -2.46. The van der Waals surface area contributed by atoms with Crippen molar-refractivity contribution in [2.24, 2.45) is 0 Å². The van der Waals surface area contributed by atoms with Crippen molar-refractivity contribution in [3.05, 3.63) is 142 Å². The lowest BCUT2D eigenvalue weighted by Gasteiger charge is -2.36. The largest absolute Gasteiger partial charge is 0.376 e. The van der Waals surface area contributed by atoms with Gasteiger partial charge >= 0.3 is 0 Å². The smallest absolute Gasteiger partial charge is 0.293 e. The van der Waals surface area contributed by atoms with Gasteiger partial charge in [-0.15, -0.1) is 11.8 Å². The molecule has 12 nitrogen and oxygen atoms in total. The molecule has 0 amide bonds. The summed E-state index contributed by atoms with van der Waals surface area (Å²) in [5.74, 6) is 0.787. The van der Waals surface area contributed by atoms with E-state index in [1.165, 1.54) is 36.0 Å². The van der Waals surface area contributed by atoms with E-state index in [9.17, 15) is 18.5 Å². The molecule has 8 rings (SSSR count). The van der Waals surface area contributed by atoms with E-state index in [4.69, 9.17) is 11.6 Å². The van der Waals surface area contributed by atoms with Crippen LogP contribution in [0, 0.1) is 10.1 Å². The van der Waals surface area contributed by atoms with E-state index in [1.54, 1.807) is 11.8 Å². The molecule has 304 valence electrons. The van der Waals surface area contributed by atoms with Crippen LogP contribution in [-0.4, -0.2) is 90.7 Å². The van der Waals surface area contributed by atoms with Crippen LogP contribution >= 0.6 is 23.4 Å². The third kappa shape index (κ3) is 9.97. The van der Waals surface area contributed by atoms with Gasteiger partial charge < -0.3 is 15.1 Å². The van der Waals surface area contributed by atoms with Gasteiger partial charge in [-0.3, -0.25) is 19.7 Å². The SMILES string of the molecule is O=[N+]([O-])c1cc(S(=O)(=O)Nc2ncnc3cc(N4CCN(Cc5ccccc5-c5ccc(Cl)cc5)CC4)ccc23)ccc1NC(CCN1CCC1)CSc1ccccc1. The van der Waals surface area contributed by atoms with Crippen molar-refractivity contribution in [3.63, 3.8) is 0 Å². The first-order chi connectivity index (χ1) is 28.7. The minimum Gasteiger partial charge on any atom is -0.376 e. The Kier molecular flexibility index (Phi) is 12.6. The van der Waals surface area contributed by atoms with Crippen LogP contribution < -0.4 is 14.9 Å². The lowest BCUT2D eigenvalue weighted by molar-refractivity contribution is -0.384. The Hall–Kier alpha value is -5.25. The van der Waals surface area contributed by atoms with Gasteiger partial charge in [-0.2, -0.15) is 0 Å². The number of hydrogen-bond donors (Lipinski definition) is 2. The number of nitrogens with zero attached hydrogens (tertiary/aromatic N) is 6. The molecule has 0 aliphatic carbocycles. The highest BCUT2D eigenvalue weighted by molar-refractivity contribution is 7.99. The second-order valence-corrected chi connectivity index (χ2v) is 18.1. The Morgan fingerprint density at radius 2 is 1.59 bits per heavy atom. The van der Waals surface area contributed by atoms with E-state index in [1.807, 2.05) is 60.7 Å². The highest BCUT2D eigenvalue weighted by Crippen LogP contribution is 2.33. The highest BCUT2D eigenvalue weighted by atomic mass is 35.5. The maximum atomic E-state index is 13.8. The fourth-order valence-electron chi connectivity index (χ4n) is 7.51. The van der Waals surface area contributed by atoms with E-state index in [0.29, 0.717) is 21.7 Å². The molecule has 15 heteroatoms. The lowest BCUT2D eigenvalue weighted by atomic mass is 9.99. The number of hydrogen-bond acceptors (Lipinski definition) is 11. The van der Waals surface area contributed by atoms with Gasteiger partial charge in [0.15, 0.2) is 5.82 Å². The topological polar surface area (TPSA) is 137 Å². The van der Waals surface area contributed by atoms with Crippen molar-refractivity contribution < 1.29 is 13.3 Å². The van der Waals surface area contributed by atoms with Crippen LogP contribution in [-0.2, 0) is 16.6 Å². The number of halogens is 1. The zero-order valence-corrected chi connectivity index (χ0v) is 34.8. The first-order valence-corrected chi connectivity index (χ1v) is 22.6. The number of rotatable bonds is 16. The van der Waals surface area contributed by atoms with Gasteiger partial charge in [0.25, 0.3) is 15.7 Å². The van der Waals surface area contributed by atoms with Crippen LogP contribution in [0.3, 0.4) is 0 Å². The van der Waals surface area contributed by atoms with E-state index in [2.05, 4.69) is 71.1 Å². The number of sulfonamides is 1. The van der Waals surface area contributed by atoms with Gasteiger partial charge in [-0.1, -0.05) is 66.2 Å². The Morgan fingerprint density at radius 1 is 0.831 bits per heavy atom. The second kappa shape index (κ2) is 18.3. The molecule has 6 aromatic rings. The van der Waals surface area contributed by atoms with Crippen molar-refractivity contribution >= 4 is 67.2 Å². The summed E-state index contributed by atoms with van der Waals surface area (Å²) in [5.41, 5.74) is 5.13. The summed E-state index contributed by atoms with van der Waals surface area (Å²) in [5, 5.41) is 17.0. The van der Waals surface area contributed by atoms with E-state index in [-0.39, 0.29) is 28.1 Å². The molecule has 1 aromatic heterocycles. The zero-order chi connectivity index (χ0) is 40.8. The summed E-state index contributed by atoms with van der Waals surface area (Å²) in [6.45, 7) is 7.19. The Balaban J connectivity index is 0.933. The van der Waals surface area contributed by atoms with Gasteiger partial charge in [-0.05, 0) is 97.2 Å². The maximum Gasteiger partial charge on any atom is 0.293 e. The third-order valence-electron chi connectivity index (χ3n) is 10.9. The summed E-state index contributed by atoms with van der Waals surface area (Å²) in [7, 11) is -4.26.